The van der Waals surface area contributed by atoms with E-state index in [-0.39, 0.29) is 11.1 Å². The number of rotatable bonds is 0. The van der Waals surface area contributed by atoms with E-state index in [0.717, 1.165) is 0 Å². The van der Waals surface area contributed by atoms with Crippen LogP contribution in [0.2, 0.25) is 0 Å². The molecule has 0 spiro atoms. The number of fused-ring (bicyclic) bond motifs is 1. The van der Waals surface area contributed by atoms with E-state index in [2.05, 4.69) is 30.3 Å². The van der Waals surface area contributed by atoms with Gasteiger partial charge < -0.3 is 4.52 Å². The molecule has 0 aromatic carbocycles. The van der Waals surface area contributed by atoms with Crippen LogP contribution in [0.3, 0.4) is 0 Å². The predicted octanol–water partition coefficient (Wildman–Crippen LogP) is -1.23. The van der Waals surface area contributed by atoms with Crippen molar-refractivity contribution in [2.45, 2.75) is 0 Å². The van der Waals surface area contributed by atoms with Crippen molar-refractivity contribution in [1.29, 1.82) is 0 Å². The molecule has 0 unspecified atom stereocenters. The van der Waals surface area contributed by atoms with Crippen LogP contribution in [0, 0.1) is 0 Å². The summed E-state index contributed by atoms with van der Waals surface area (Å²) in [5, 5.41) is 16.2. The van der Waals surface area contributed by atoms with Crippen LogP contribution in [0.15, 0.2) is 15.5 Å². The van der Waals surface area contributed by atoms with Gasteiger partial charge in [0.25, 0.3) is 0 Å². The Kier molecular flexibility index (Phi) is 1.08. The molecule has 0 atom stereocenters. The molecule has 0 radical (unpaired) electrons. The van der Waals surface area contributed by atoms with Crippen LogP contribution >= 0.6 is 0 Å². The van der Waals surface area contributed by atoms with E-state index < -0.39 is 5.56 Å². The van der Waals surface area contributed by atoms with Crippen molar-refractivity contribution in [2.75, 3.05) is 0 Å². The molecule has 0 bridgehead atoms. The maximum absolute atomic E-state index is 10.8. The molecule has 11 heavy (non-hydrogen) atoms. The van der Waals surface area contributed by atoms with Gasteiger partial charge in [0, 0.05) is 5.27 Å². The van der Waals surface area contributed by atoms with Crippen LogP contribution in [-0.4, -0.2) is 25.8 Å². The Balaban J connectivity index is 3.03. The second kappa shape index (κ2) is 2.04. The molecule has 0 amide bonds. The zero-order chi connectivity index (χ0) is 7.68. The molecule has 0 saturated carbocycles. The fourth-order valence-electron chi connectivity index (χ4n) is 0.623. The van der Waals surface area contributed by atoms with Crippen LogP contribution in [0.25, 0.3) is 11.1 Å². The zero-order valence-electron chi connectivity index (χ0n) is 5.13. The molecule has 0 saturated heterocycles. The first-order valence-electron chi connectivity index (χ1n) is 2.68. The number of hydrogen-bond acceptors (Lipinski definition) is 7. The SMILES string of the molecule is O=c1nnoc2cnnnc12. The topological polar surface area (TPSA) is 94.7 Å². The molecule has 2 heterocycles. The van der Waals surface area contributed by atoms with E-state index in [9.17, 15) is 4.79 Å². The molecule has 7 heteroatoms. The average Bonchev–Trinajstić information content (AvgIpc) is 2.06. The lowest BCUT2D eigenvalue weighted by atomic mass is 10.5. The van der Waals surface area contributed by atoms with Crippen LogP contribution in [-0.2, 0) is 0 Å². The van der Waals surface area contributed by atoms with Crippen LogP contribution in [0.1, 0.15) is 0 Å². The summed E-state index contributed by atoms with van der Waals surface area (Å²) in [6.07, 6.45) is 1.25. The minimum absolute atomic E-state index is 0.0370. The van der Waals surface area contributed by atoms with E-state index in [1.807, 2.05) is 0 Å². The maximum atomic E-state index is 10.8. The van der Waals surface area contributed by atoms with Gasteiger partial charge in [0.05, 0.1) is 6.20 Å². The Morgan fingerprint density at radius 1 is 1.36 bits per heavy atom. The molecule has 54 valence electrons. The Morgan fingerprint density at radius 2 is 2.27 bits per heavy atom. The Hall–Kier alpha value is -1.92. The predicted molar refractivity (Wildman–Crippen MR) is 31.5 cm³/mol. The van der Waals surface area contributed by atoms with Crippen molar-refractivity contribution in [3.63, 3.8) is 0 Å². The standard InChI is InChI=1S/C4HN5O2/c10-4-3-2(11-9-7-4)1-5-8-6-3/h1H. The van der Waals surface area contributed by atoms with Gasteiger partial charge in [-0.3, -0.25) is 4.79 Å². The highest BCUT2D eigenvalue weighted by Crippen LogP contribution is 1.96. The van der Waals surface area contributed by atoms with Gasteiger partial charge in [-0.05, 0) is 5.21 Å². The summed E-state index contributed by atoms with van der Waals surface area (Å²) in [7, 11) is 0. The second-order valence-electron chi connectivity index (χ2n) is 1.72. The van der Waals surface area contributed by atoms with Gasteiger partial charge in [0.1, 0.15) is 0 Å². The molecule has 2 rings (SSSR count). The van der Waals surface area contributed by atoms with Gasteiger partial charge in [0.2, 0.25) is 11.1 Å². The normalized spacial score (nSPS) is 10.2. The lowest BCUT2D eigenvalue weighted by Crippen LogP contribution is -2.09. The van der Waals surface area contributed by atoms with Crippen molar-refractivity contribution in [2.24, 2.45) is 0 Å². The van der Waals surface area contributed by atoms with Crippen LogP contribution in [0.4, 0.5) is 0 Å². The third-order valence-electron chi connectivity index (χ3n) is 1.08. The largest absolute Gasteiger partial charge is 0.335 e. The van der Waals surface area contributed by atoms with Crippen LogP contribution < -0.4 is 5.56 Å². The molecule has 2 aromatic heterocycles. The summed E-state index contributed by atoms with van der Waals surface area (Å²) < 4.78 is 4.57. The van der Waals surface area contributed by atoms with Gasteiger partial charge in [-0.2, -0.15) is 0 Å². The average molecular weight is 151 g/mol. The lowest BCUT2D eigenvalue weighted by Gasteiger charge is -1.85. The van der Waals surface area contributed by atoms with E-state index >= 15 is 0 Å². The highest BCUT2D eigenvalue weighted by atomic mass is 16.5. The summed E-state index contributed by atoms with van der Waals surface area (Å²) in [5.41, 5.74) is -0.351. The van der Waals surface area contributed by atoms with Crippen LogP contribution in [0.5, 0.6) is 0 Å². The van der Waals surface area contributed by atoms with Gasteiger partial charge in [-0.15, -0.1) is 10.2 Å². The molecule has 0 aliphatic heterocycles. The summed E-state index contributed by atoms with van der Waals surface area (Å²) >= 11 is 0. The fourth-order valence-corrected chi connectivity index (χ4v) is 0.623. The highest BCUT2D eigenvalue weighted by Gasteiger charge is 2.02. The first-order chi connectivity index (χ1) is 5.38. The van der Waals surface area contributed by atoms with Crippen molar-refractivity contribution < 1.29 is 4.52 Å². The zero-order valence-corrected chi connectivity index (χ0v) is 5.13. The molecule has 0 N–H and O–H groups in total. The van der Waals surface area contributed by atoms with E-state index in [0.29, 0.717) is 0 Å². The molecule has 0 fully saturated rings. The Morgan fingerprint density at radius 3 is 3.09 bits per heavy atom. The summed E-state index contributed by atoms with van der Waals surface area (Å²) in [4.78, 5) is 10.8. The number of aromatic nitrogens is 5. The Labute approximate surface area is 59.0 Å². The third-order valence-corrected chi connectivity index (χ3v) is 1.08. The number of nitrogens with zero attached hydrogens (tertiary/aromatic N) is 5. The second-order valence-corrected chi connectivity index (χ2v) is 1.72. The smallest absolute Gasteiger partial charge is 0.322 e. The summed E-state index contributed by atoms with van der Waals surface area (Å²) in [5.74, 6) is 0. The minimum atomic E-state index is -0.568. The number of hydrogen-bond donors (Lipinski definition) is 0. The van der Waals surface area contributed by atoms with Crippen molar-refractivity contribution in [1.82, 2.24) is 25.8 Å². The monoisotopic (exact) mass is 151 g/mol. The van der Waals surface area contributed by atoms with E-state index in [4.69, 9.17) is 0 Å². The van der Waals surface area contributed by atoms with Crippen molar-refractivity contribution in [3.05, 3.63) is 16.6 Å². The molecule has 0 aliphatic rings. The maximum Gasteiger partial charge on any atom is 0.322 e. The van der Waals surface area contributed by atoms with Crippen molar-refractivity contribution in [3.8, 4) is 0 Å². The lowest BCUT2D eigenvalue weighted by molar-refractivity contribution is 0.392. The van der Waals surface area contributed by atoms with E-state index in [1.165, 1.54) is 6.20 Å². The first-order valence-corrected chi connectivity index (χ1v) is 2.68. The van der Waals surface area contributed by atoms with Gasteiger partial charge in [-0.1, -0.05) is 5.10 Å². The first kappa shape index (κ1) is 5.83. The van der Waals surface area contributed by atoms with Crippen molar-refractivity contribution >= 4 is 11.1 Å². The Bertz CT molecular complexity index is 432. The quantitative estimate of drug-likeness (QED) is 0.465. The molecular formula is C4HN5O2. The van der Waals surface area contributed by atoms with Gasteiger partial charge in [-0.25, -0.2) is 0 Å². The summed E-state index contributed by atoms with van der Waals surface area (Å²) in [6, 6.07) is 0. The van der Waals surface area contributed by atoms with E-state index in [1.54, 1.807) is 0 Å². The molecule has 0 aliphatic carbocycles. The fraction of sp³-hybridized carbons (Fsp3) is 0. The molecule has 7 nitrogen and oxygen atoms in total. The molecule has 2 aromatic rings. The third kappa shape index (κ3) is 0.820. The molecular weight excluding hydrogens is 150 g/mol. The highest BCUT2D eigenvalue weighted by molar-refractivity contribution is 5.67. The minimum Gasteiger partial charge on any atom is -0.335 e. The summed E-state index contributed by atoms with van der Waals surface area (Å²) in [6.45, 7) is 0. The van der Waals surface area contributed by atoms with Gasteiger partial charge >= 0.3 is 5.56 Å². The van der Waals surface area contributed by atoms with Gasteiger partial charge in [0.15, 0.2) is 0 Å².